The Kier molecular flexibility index (Phi) is 3.16. The summed E-state index contributed by atoms with van der Waals surface area (Å²) in [5.41, 5.74) is 0.590. The Balaban J connectivity index is 2.00. The molecule has 6 heteroatoms. The van der Waals surface area contributed by atoms with Gasteiger partial charge in [0, 0.05) is 0 Å². The van der Waals surface area contributed by atoms with Crippen molar-refractivity contribution in [2.45, 2.75) is 0 Å². The lowest BCUT2D eigenvalue weighted by atomic mass is 10.2. The number of fused-ring (bicyclic) bond motifs is 2. The van der Waals surface area contributed by atoms with Crippen LogP contribution in [-0.4, -0.2) is 21.5 Å². The zero-order chi connectivity index (χ0) is 16.7. The fourth-order valence-corrected chi connectivity index (χ4v) is 2.66. The minimum absolute atomic E-state index is 0.239. The summed E-state index contributed by atoms with van der Waals surface area (Å²) in [7, 11) is 1.59. The fraction of sp³-hybridized carbons (Fsp3) is 0.0556. The summed E-state index contributed by atoms with van der Waals surface area (Å²) < 4.78 is 6.18. The number of ether oxygens (including phenoxy) is 1. The first-order valence-corrected chi connectivity index (χ1v) is 7.36. The van der Waals surface area contributed by atoms with Crippen LogP contribution in [0.2, 0.25) is 0 Å². The molecule has 2 aromatic heterocycles. The fourth-order valence-electron chi connectivity index (χ4n) is 2.66. The summed E-state index contributed by atoms with van der Waals surface area (Å²) in [5.74, 6) is 0.971. The van der Waals surface area contributed by atoms with Gasteiger partial charge in [-0.05, 0) is 35.9 Å². The maximum Gasteiger partial charge on any atom is 0.284 e. The highest BCUT2D eigenvalue weighted by molar-refractivity contribution is 5.78. The Bertz CT molecular complexity index is 1220. The summed E-state index contributed by atoms with van der Waals surface area (Å²) >= 11 is 0. The molecule has 0 unspecified atom stereocenters. The van der Waals surface area contributed by atoms with Crippen LogP contribution in [0.15, 0.2) is 58.1 Å². The molecule has 24 heavy (non-hydrogen) atoms. The Morgan fingerprint density at radius 1 is 1.04 bits per heavy atom. The van der Waals surface area contributed by atoms with Gasteiger partial charge in [0.15, 0.2) is 0 Å². The highest BCUT2D eigenvalue weighted by Gasteiger charge is 2.10. The number of benzene rings is 2. The molecule has 118 valence electrons. The van der Waals surface area contributed by atoms with Gasteiger partial charge >= 0.3 is 0 Å². The van der Waals surface area contributed by atoms with Crippen molar-refractivity contribution in [3.05, 3.63) is 80.2 Å². The van der Waals surface area contributed by atoms with Gasteiger partial charge < -0.3 is 9.72 Å². The van der Waals surface area contributed by atoms with E-state index in [9.17, 15) is 9.59 Å². The average molecular weight is 319 g/mol. The van der Waals surface area contributed by atoms with Gasteiger partial charge in [0.1, 0.15) is 11.1 Å². The molecule has 0 aliphatic rings. The first kappa shape index (κ1) is 14.2. The highest BCUT2D eigenvalue weighted by Crippen LogP contribution is 2.11. The number of para-hydroxylation sites is 1. The second kappa shape index (κ2) is 5.34. The molecule has 1 N–H and O–H groups in total. The van der Waals surface area contributed by atoms with Gasteiger partial charge in [-0.1, -0.05) is 24.3 Å². The molecular formula is C18H13N3O3. The predicted octanol–water partition coefficient (Wildman–Crippen LogP) is 1.09. The highest BCUT2D eigenvalue weighted by atomic mass is 16.5. The summed E-state index contributed by atoms with van der Waals surface area (Å²) in [5, 5.41) is 0.724. The van der Waals surface area contributed by atoms with E-state index in [1.54, 1.807) is 49.6 Å². The lowest BCUT2D eigenvalue weighted by Crippen LogP contribution is -2.31. The second-order valence-corrected chi connectivity index (χ2v) is 5.35. The summed E-state index contributed by atoms with van der Waals surface area (Å²) in [6, 6.07) is 14.2. The molecule has 0 amide bonds. The van der Waals surface area contributed by atoms with Crippen molar-refractivity contribution in [2.24, 2.45) is 0 Å². The van der Waals surface area contributed by atoms with E-state index >= 15 is 0 Å². The van der Waals surface area contributed by atoms with Crippen LogP contribution in [0.25, 0.3) is 22.8 Å². The molecule has 0 atom stereocenters. The summed E-state index contributed by atoms with van der Waals surface area (Å²) in [6.45, 7) is 0. The zero-order valence-corrected chi connectivity index (χ0v) is 12.8. The molecule has 0 aliphatic heterocycles. The van der Waals surface area contributed by atoms with Crippen LogP contribution in [0.4, 0.5) is 0 Å². The molecule has 2 aromatic carbocycles. The third-order valence-electron chi connectivity index (χ3n) is 3.88. The third kappa shape index (κ3) is 2.16. The van der Waals surface area contributed by atoms with E-state index in [-0.39, 0.29) is 11.3 Å². The van der Waals surface area contributed by atoms with E-state index < -0.39 is 5.56 Å². The monoisotopic (exact) mass is 319 g/mol. The number of aromatic amines is 1. The van der Waals surface area contributed by atoms with E-state index in [2.05, 4.69) is 9.97 Å². The van der Waals surface area contributed by atoms with Gasteiger partial charge in [0.05, 0.1) is 18.0 Å². The van der Waals surface area contributed by atoms with Crippen molar-refractivity contribution in [3.8, 4) is 5.75 Å². The molecule has 0 saturated heterocycles. The number of nitrogens with one attached hydrogen (secondary N) is 1. The van der Waals surface area contributed by atoms with Crippen LogP contribution in [-0.2, 0) is 0 Å². The third-order valence-corrected chi connectivity index (χ3v) is 3.88. The Morgan fingerprint density at radius 2 is 1.79 bits per heavy atom. The van der Waals surface area contributed by atoms with Crippen LogP contribution in [0, 0.1) is 0 Å². The number of imidazole rings is 1. The Labute approximate surface area is 135 Å². The number of methoxy groups -OCH3 is 1. The smallest absolute Gasteiger partial charge is 0.284 e. The molecule has 0 spiro atoms. The van der Waals surface area contributed by atoms with Crippen molar-refractivity contribution in [2.75, 3.05) is 7.11 Å². The van der Waals surface area contributed by atoms with Crippen LogP contribution in [0.3, 0.4) is 0 Å². The van der Waals surface area contributed by atoms with E-state index in [0.29, 0.717) is 16.3 Å². The molecule has 0 bridgehead atoms. The maximum atomic E-state index is 12.6. The minimum Gasteiger partial charge on any atom is -0.497 e. The van der Waals surface area contributed by atoms with E-state index in [0.717, 1.165) is 15.7 Å². The quantitative estimate of drug-likeness (QED) is 0.600. The molecule has 4 rings (SSSR count). The van der Waals surface area contributed by atoms with Gasteiger partial charge in [-0.3, -0.25) is 9.59 Å². The summed E-state index contributed by atoms with van der Waals surface area (Å²) in [6.07, 6.45) is 1.68. The van der Waals surface area contributed by atoms with E-state index in [1.165, 1.54) is 0 Å². The summed E-state index contributed by atoms with van der Waals surface area (Å²) in [4.78, 5) is 32.4. The topological polar surface area (TPSA) is 76.5 Å². The number of hydrogen-bond donors (Lipinski definition) is 1. The van der Waals surface area contributed by atoms with Crippen LogP contribution < -0.4 is 21.2 Å². The Hall–Kier alpha value is -3.41. The predicted molar refractivity (Wildman–Crippen MR) is 91.4 cm³/mol. The van der Waals surface area contributed by atoms with Crippen LogP contribution >= 0.6 is 0 Å². The number of H-pyrrole nitrogens is 1. The molecule has 4 aromatic rings. The van der Waals surface area contributed by atoms with Crippen molar-refractivity contribution in [1.82, 2.24) is 14.4 Å². The first-order chi connectivity index (χ1) is 11.7. The SMILES string of the molecule is COc1ccc(/C=c2\[nH]c3nc4ccccc4c(=O)n3c2=O)cc1. The molecule has 0 aliphatic carbocycles. The van der Waals surface area contributed by atoms with Gasteiger partial charge in [-0.2, -0.15) is 0 Å². The van der Waals surface area contributed by atoms with Crippen LogP contribution in [0.5, 0.6) is 5.75 Å². The van der Waals surface area contributed by atoms with Crippen molar-refractivity contribution in [1.29, 1.82) is 0 Å². The number of hydrogen-bond acceptors (Lipinski definition) is 4. The standard InChI is InChI=1S/C18H13N3O3/c1-24-12-8-6-11(7-9-12)10-15-17(23)21-16(22)13-4-2-3-5-14(13)19-18(21)20-15/h2-10H,1H3,(H,19,20)/b15-10-. The van der Waals surface area contributed by atoms with E-state index in [1.807, 2.05) is 12.1 Å². The lowest BCUT2D eigenvalue weighted by molar-refractivity contribution is 0.415. The molecule has 2 heterocycles. The zero-order valence-electron chi connectivity index (χ0n) is 12.8. The molecule has 6 nitrogen and oxygen atoms in total. The largest absolute Gasteiger partial charge is 0.497 e. The molecule has 0 radical (unpaired) electrons. The molecule has 0 saturated carbocycles. The van der Waals surface area contributed by atoms with E-state index in [4.69, 9.17) is 4.74 Å². The van der Waals surface area contributed by atoms with Crippen molar-refractivity contribution >= 4 is 22.8 Å². The van der Waals surface area contributed by atoms with Gasteiger partial charge in [0.25, 0.3) is 11.1 Å². The maximum absolute atomic E-state index is 12.6. The van der Waals surface area contributed by atoms with Gasteiger partial charge in [-0.15, -0.1) is 0 Å². The van der Waals surface area contributed by atoms with Crippen molar-refractivity contribution < 1.29 is 4.74 Å². The average Bonchev–Trinajstić information content (AvgIpc) is 2.92. The lowest BCUT2D eigenvalue weighted by Gasteiger charge is -1.98. The number of nitrogens with zero attached hydrogens (tertiary/aromatic N) is 2. The van der Waals surface area contributed by atoms with Gasteiger partial charge in [0.2, 0.25) is 5.78 Å². The van der Waals surface area contributed by atoms with Crippen molar-refractivity contribution in [3.63, 3.8) is 0 Å². The van der Waals surface area contributed by atoms with Crippen LogP contribution in [0.1, 0.15) is 5.56 Å². The Morgan fingerprint density at radius 3 is 2.54 bits per heavy atom. The van der Waals surface area contributed by atoms with Gasteiger partial charge in [-0.25, -0.2) is 9.38 Å². The normalized spacial score (nSPS) is 12.1. The number of aromatic nitrogens is 3. The number of rotatable bonds is 2. The molecular weight excluding hydrogens is 306 g/mol. The first-order valence-electron chi connectivity index (χ1n) is 7.36. The second-order valence-electron chi connectivity index (χ2n) is 5.35. The molecule has 0 fully saturated rings. The minimum atomic E-state index is -0.413.